The Balaban J connectivity index is 4.88. The predicted octanol–water partition coefficient (Wildman–Crippen LogP) is 5.67. The summed E-state index contributed by atoms with van der Waals surface area (Å²) in [6, 6.07) is 0. The molecule has 0 aliphatic carbocycles. The van der Waals surface area contributed by atoms with Crippen LogP contribution < -0.4 is 0 Å². The van der Waals surface area contributed by atoms with Crippen LogP contribution in [0.1, 0.15) is 47.5 Å². The van der Waals surface area contributed by atoms with Gasteiger partial charge in [-0.3, -0.25) is 0 Å². The number of rotatable bonds is 8. The average molecular weight is 343 g/mol. The molecular weight excluding hydrogens is 308 g/mol. The Labute approximate surface area is 143 Å². The van der Waals surface area contributed by atoms with Gasteiger partial charge in [0.15, 0.2) is 0 Å². The zero-order valence-corrected chi connectivity index (χ0v) is 17.1. The lowest BCUT2D eigenvalue weighted by Crippen LogP contribution is -2.40. The van der Waals surface area contributed by atoms with E-state index in [1.165, 1.54) is 7.11 Å². The minimum atomic E-state index is -1.89. The van der Waals surface area contributed by atoms with Crippen LogP contribution in [0, 0.1) is 5.92 Å². The monoisotopic (exact) mass is 342 g/mol. The molecule has 23 heavy (non-hydrogen) atoms. The Kier molecular flexibility index (Phi) is 9.28. The standard InChI is InChI=1S/C18H34O4Si/c1-15(2)11-9-12-16(13-10-14-21-17(19)20-6)22-23(7,8)18(3,4)5/h10,12-13,15H,9,11,14H2,1-8H3/b13-10+,16-12-. The third-order valence-corrected chi connectivity index (χ3v) is 8.37. The van der Waals surface area contributed by atoms with Crippen molar-refractivity contribution in [3.63, 3.8) is 0 Å². The summed E-state index contributed by atoms with van der Waals surface area (Å²) >= 11 is 0. The SMILES string of the molecule is COC(=O)OC/C=C/C(=C/CCC(C)C)O[Si](C)(C)C(C)(C)C. The van der Waals surface area contributed by atoms with Gasteiger partial charge in [0.25, 0.3) is 0 Å². The van der Waals surface area contributed by atoms with Crippen molar-refractivity contribution in [1.82, 2.24) is 0 Å². The maximum absolute atomic E-state index is 10.9. The van der Waals surface area contributed by atoms with Crippen molar-refractivity contribution in [2.75, 3.05) is 13.7 Å². The van der Waals surface area contributed by atoms with E-state index in [4.69, 9.17) is 9.16 Å². The zero-order chi connectivity index (χ0) is 18.1. The van der Waals surface area contributed by atoms with Crippen molar-refractivity contribution in [1.29, 1.82) is 0 Å². The minimum absolute atomic E-state index is 0.139. The van der Waals surface area contributed by atoms with Crippen LogP contribution in [-0.2, 0) is 13.9 Å². The van der Waals surface area contributed by atoms with Crippen LogP contribution in [0.4, 0.5) is 4.79 Å². The fourth-order valence-electron chi connectivity index (χ4n) is 1.49. The van der Waals surface area contributed by atoms with Crippen molar-refractivity contribution in [2.24, 2.45) is 5.92 Å². The molecule has 0 heterocycles. The Bertz CT molecular complexity index is 417. The van der Waals surface area contributed by atoms with Crippen LogP contribution in [0.15, 0.2) is 24.0 Å². The van der Waals surface area contributed by atoms with E-state index in [1.807, 2.05) is 6.08 Å². The highest BCUT2D eigenvalue weighted by Gasteiger charge is 2.39. The molecular formula is C18H34O4Si. The number of carbonyl (C=O) groups is 1. The largest absolute Gasteiger partial charge is 0.544 e. The Hall–Kier alpha value is -1.23. The predicted molar refractivity (Wildman–Crippen MR) is 97.9 cm³/mol. The summed E-state index contributed by atoms with van der Waals surface area (Å²) in [6.45, 7) is 15.7. The van der Waals surface area contributed by atoms with Crippen LogP contribution in [0.2, 0.25) is 18.1 Å². The van der Waals surface area contributed by atoms with Crippen molar-refractivity contribution in [3.8, 4) is 0 Å². The molecule has 0 aromatic heterocycles. The molecule has 0 saturated heterocycles. The number of carbonyl (C=O) groups excluding carboxylic acids is 1. The van der Waals surface area contributed by atoms with Crippen molar-refractivity contribution in [2.45, 2.75) is 65.6 Å². The second-order valence-electron chi connectivity index (χ2n) is 7.61. The zero-order valence-electron chi connectivity index (χ0n) is 16.1. The number of ether oxygens (including phenoxy) is 2. The van der Waals surface area contributed by atoms with Gasteiger partial charge in [0.2, 0.25) is 8.32 Å². The van der Waals surface area contributed by atoms with Gasteiger partial charge in [0, 0.05) is 0 Å². The summed E-state index contributed by atoms with van der Waals surface area (Å²) in [5.41, 5.74) is 0. The fraction of sp³-hybridized carbons (Fsp3) is 0.722. The summed E-state index contributed by atoms with van der Waals surface area (Å²) in [5.74, 6) is 1.53. The molecule has 0 aromatic carbocycles. The summed E-state index contributed by atoms with van der Waals surface area (Å²) in [5, 5.41) is 0.139. The number of allylic oxidation sites excluding steroid dienone is 2. The molecule has 0 fully saturated rings. The number of hydrogen-bond donors (Lipinski definition) is 0. The second-order valence-corrected chi connectivity index (χ2v) is 12.3. The summed E-state index contributed by atoms with van der Waals surface area (Å²) in [4.78, 5) is 10.9. The number of hydrogen-bond acceptors (Lipinski definition) is 4. The Morgan fingerprint density at radius 1 is 1.22 bits per heavy atom. The molecule has 0 amide bonds. The summed E-state index contributed by atoms with van der Waals surface area (Å²) < 4.78 is 15.7. The van der Waals surface area contributed by atoms with Crippen LogP contribution >= 0.6 is 0 Å². The smallest absolute Gasteiger partial charge is 0.508 e. The molecule has 0 rings (SSSR count). The van der Waals surface area contributed by atoms with Gasteiger partial charge in [-0.2, -0.15) is 0 Å². The lowest BCUT2D eigenvalue weighted by Gasteiger charge is -2.36. The van der Waals surface area contributed by atoms with Crippen molar-refractivity contribution >= 4 is 14.5 Å². The number of methoxy groups -OCH3 is 1. The van der Waals surface area contributed by atoms with E-state index in [2.05, 4.69) is 58.5 Å². The Morgan fingerprint density at radius 2 is 1.83 bits per heavy atom. The third kappa shape index (κ3) is 9.49. The highest BCUT2D eigenvalue weighted by Crippen LogP contribution is 2.38. The van der Waals surface area contributed by atoms with Crippen molar-refractivity contribution in [3.05, 3.63) is 24.0 Å². The maximum Gasteiger partial charge on any atom is 0.508 e. The molecule has 0 aliphatic rings. The van der Waals surface area contributed by atoms with E-state index in [9.17, 15) is 4.79 Å². The molecule has 0 aliphatic heterocycles. The first-order valence-corrected chi connectivity index (χ1v) is 11.2. The molecule has 0 bridgehead atoms. The topological polar surface area (TPSA) is 44.8 Å². The van der Waals surface area contributed by atoms with Gasteiger partial charge < -0.3 is 13.9 Å². The normalized spacial score (nSPS) is 13.5. The van der Waals surface area contributed by atoms with Gasteiger partial charge in [0.1, 0.15) is 6.61 Å². The molecule has 0 N–H and O–H groups in total. The van der Waals surface area contributed by atoms with Gasteiger partial charge in [-0.25, -0.2) is 4.79 Å². The van der Waals surface area contributed by atoms with Gasteiger partial charge >= 0.3 is 6.16 Å². The first-order valence-electron chi connectivity index (χ1n) is 8.26. The Morgan fingerprint density at radius 3 is 2.30 bits per heavy atom. The van der Waals surface area contributed by atoms with Crippen LogP contribution in [0.5, 0.6) is 0 Å². The minimum Gasteiger partial charge on any atom is -0.544 e. The van der Waals surface area contributed by atoms with E-state index < -0.39 is 14.5 Å². The average Bonchev–Trinajstić information content (AvgIpc) is 2.40. The molecule has 0 saturated carbocycles. The van der Waals surface area contributed by atoms with Crippen molar-refractivity contribution < 1.29 is 18.7 Å². The molecule has 0 radical (unpaired) electrons. The van der Waals surface area contributed by atoms with Gasteiger partial charge in [-0.15, -0.1) is 0 Å². The van der Waals surface area contributed by atoms with Crippen LogP contribution in [0.3, 0.4) is 0 Å². The molecule has 0 spiro atoms. The van der Waals surface area contributed by atoms with E-state index in [-0.39, 0.29) is 11.6 Å². The van der Waals surface area contributed by atoms with E-state index in [1.54, 1.807) is 6.08 Å². The summed E-state index contributed by atoms with van der Waals surface area (Å²) in [7, 11) is -0.591. The van der Waals surface area contributed by atoms with E-state index in [0.717, 1.165) is 18.6 Å². The summed E-state index contributed by atoms with van der Waals surface area (Å²) in [6.07, 6.45) is 7.23. The molecule has 5 heteroatoms. The molecule has 134 valence electrons. The second kappa shape index (κ2) is 9.81. The first-order chi connectivity index (χ1) is 10.5. The van der Waals surface area contributed by atoms with E-state index >= 15 is 0 Å². The fourth-order valence-corrected chi connectivity index (χ4v) is 2.54. The lowest BCUT2D eigenvalue weighted by atomic mass is 10.1. The molecule has 0 unspecified atom stereocenters. The maximum atomic E-state index is 10.9. The van der Waals surface area contributed by atoms with Gasteiger partial charge in [-0.1, -0.05) is 34.6 Å². The van der Waals surface area contributed by atoms with Gasteiger partial charge in [-0.05, 0) is 55.1 Å². The first kappa shape index (κ1) is 21.8. The highest BCUT2D eigenvalue weighted by molar-refractivity contribution is 6.74. The molecule has 0 aromatic rings. The lowest BCUT2D eigenvalue weighted by molar-refractivity contribution is 0.0817. The molecule has 4 nitrogen and oxygen atoms in total. The quantitative estimate of drug-likeness (QED) is 0.247. The van der Waals surface area contributed by atoms with Crippen LogP contribution in [0.25, 0.3) is 0 Å². The third-order valence-electron chi connectivity index (χ3n) is 4.01. The van der Waals surface area contributed by atoms with Crippen LogP contribution in [-0.4, -0.2) is 28.2 Å². The van der Waals surface area contributed by atoms with Gasteiger partial charge in [0.05, 0.1) is 12.9 Å². The molecule has 0 atom stereocenters. The highest BCUT2D eigenvalue weighted by atomic mass is 28.4. The van der Waals surface area contributed by atoms with E-state index in [0.29, 0.717) is 5.92 Å².